The number of hydrogen-bond donors (Lipinski definition) is 2. The second kappa shape index (κ2) is 6.60. The van der Waals surface area contributed by atoms with Crippen LogP contribution in [0.15, 0.2) is 24.8 Å². The first-order chi connectivity index (χ1) is 9.67. The zero-order valence-corrected chi connectivity index (χ0v) is 11.4. The second-order valence-electron chi connectivity index (χ2n) is 4.36. The van der Waals surface area contributed by atoms with Crippen molar-refractivity contribution in [1.29, 1.82) is 0 Å². The third-order valence-corrected chi connectivity index (χ3v) is 2.61. The number of nitrogens with zero attached hydrogens (tertiary/aromatic N) is 5. The summed E-state index contributed by atoms with van der Waals surface area (Å²) in [5.74, 6) is 0.427. The first kappa shape index (κ1) is 13.9. The van der Waals surface area contributed by atoms with E-state index in [1.54, 1.807) is 29.5 Å². The molecule has 0 saturated heterocycles. The predicted molar refractivity (Wildman–Crippen MR) is 73.0 cm³/mol. The third-order valence-electron chi connectivity index (χ3n) is 2.61. The number of amides is 2. The molecule has 1 unspecified atom stereocenters. The standard InChI is InChI=1S/C12H17N7O/c1-3-19-8-11(17-18-19)16-12(20)15-9(2)6-10-7-13-4-5-14-10/h4-5,7-9H,3,6H2,1-2H3,(H2,15,16,20). The van der Waals surface area contributed by atoms with E-state index in [-0.39, 0.29) is 12.1 Å². The fourth-order valence-electron chi connectivity index (χ4n) is 1.69. The first-order valence-corrected chi connectivity index (χ1v) is 6.40. The third kappa shape index (κ3) is 4.01. The normalized spacial score (nSPS) is 11.9. The molecular weight excluding hydrogens is 258 g/mol. The average molecular weight is 275 g/mol. The van der Waals surface area contributed by atoms with Crippen LogP contribution in [0.1, 0.15) is 19.5 Å². The highest BCUT2D eigenvalue weighted by Gasteiger charge is 2.10. The molecule has 0 spiro atoms. The van der Waals surface area contributed by atoms with Gasteiger partial charge in [-0.3, -0.25) is 20.0 Å². The van der Waals surface area contributed by atoms with E-state index in [0.717, 1.165) is 5.69 Å². The Morgan fingerprint density at radius 3 is 2.95 bits per heavy atom. The predicted octanol–water partition coefficient (Wildman–Crippen LogP) is 0.841. The van der Waals surface area contributed by atoms with Crippen LogP contribution in [0.4, 0.5) is 10.6 Å². The number of carbonyl (C=O) groups is 1. The molecule has 0 aliphatic rings. The molecule has 0 radical (unpaired) electrons. The van der Waals surface area contributed by atoms with E-state index in [0.29, 0.717) is 18.8 Å². The fraction of sp³-hybridized carbons (Fsp3) is 0.417. The lowest BCUT2D eigenvalue weighted by atomic mass is 10.2. The molecule has 106 valence electrons. The van der Waals surface area contributed by atoms with Crippen LogP contribution in [0.5, 0.6) is 0 Å². The Morgan fingerprint density at radius 2 is 2.30 bits per heavy atom. The maximum absolute atomic E-state index is 11.8. The van der Waals surface area contributed by atoms with Gasteiger partial charge in [0.1, 0.15) is 0 Å². The van der Waals surface area contributed by atoms with Gasteiger partial charge in [0.15, 0.2) is 5.82 Å². The molecule has 2 heterocycles. The number of aryl methyl sites for hydroxylation is 1. The summed E-state index contributed by atoms with van der Waals surface area (Å²) in [5.41, 5.74) is 0.831. The van der Waals surface area contributed by atoms with Gasteiger partial charge in [0.2, 0.25) is 0 Å². The van der Waals surface area contributed by atoms with Crippen molar-refractivity contribution in [2.45, 2.75) is 32.9 Å². The van der Waals surface area contributed by atoms with E-state index < -0.39 is 0 Å². The maximum Gasteiger partial charge on any atom is 0.320 e. The van der Waals surface area contributed by atoms with Crippen molar-refractivity contribution in [1.82, 2.24) is 30.3 Å². The van der Waals surface area contributed by atoms with Crippen LogP contribution in [0.2, 0.25) is 0 Å². The van der Waals surface area contributed by atoms with Crippen LogP contribution in [-0.2, 0) is 13.0 Å². The van der Waals surface area contributed by atoms with Crippen molar-refractivity contribution >= 4 is 11.8 Å². The lowest BCUT2D eigenvalue weighted by Gasteiger charge is -2.12. The van der Waals surface area contributed by atoms with Crippen LogP contribution in [-0.4, -0.2) is 37.0 Å². The first-order valence-electron chi connectivity index (χ1n) is 6.40. The van der Waals surface area contributed by atoms with Crippen molar-refractivity contribution in [3.8, 4) is 0 Å². The Hall–Kier alpha value is -2.51. The Bertz CT molecular complexity index is 554. The molecule has 2 aromatic heterocycles. The molecule has 0 fully saturated rings. The highest BCUT2D eigenvalue weighted by atomic mass is 16.2. The number of hydrogen-bond acceptors (Lipinski definition) is 5. The Balaban J connectivity index is 1.81. The smallest absolute Gasteiger partial charge is 0.320 e. The van der Waals surface area contributed by atoms with Gasteiger partial charge in [-0.25, -0.2) is 4.79 Å². The molecule has 0 aromatic carbocycles. The SMILES string of the molecule is CCn1cc(NC(=O)NC(C)Cc2cnccn2)nn1. The van der Waals surface area contributed by atoms with Gasteiger partial charge in [0.25, 0.3) is 0 Å². The van der Waals surface area contributed by atoms with Gasteiger partial charge in [-0.1, -0.05) is 5.21 Å². The van der Waals surface area contributed by atoms with Crippen molar-refractivity contribution in [2.24, 2.45) is 0 Å². The molecule has 0 saturated carbocycles. The molecule has 2 amide bonds. The number of aromatic nitrogens is 5. The summed E-state index contributed by atoms with van der Waals surface area (Å²) in [6.45, 7) is 4.55. The minimum Gasteiger partial charge on any atom is -0.335 e. The summed E-state index contributed by atoms with van der Waals surface area (Å²) in [5, 5.41) is 13.1. The molecule has 2 aromatic rings. The van der Waals surface area contributed by atoms with E-state index in [1.807, 2.05) is 13.8 Å². The van der Waals surface area contributed by atoms with E-state index in [4.69, 9.17) is 0 Å². The largest absolute Gasteiger partial charge is 0.335 e. The van der Waals surface area contributed by atoms with E-state index >= 15 is 0 Å². The Morgan fingerprint density at radius 1 is 1.45 bits per heavy atom. The lowest BCUT2D eigenvalue weighted by molar-refractivity contribution is 0.249. The average Bonchev–Trinajstić information content (AvgIpc) is 2.87. The molecular formula is C12H17N7O. The van der Waals surface area contributed by atoms with Gasteiger partial charge in [-0.15, -0.1) is 5.10 Å². The summed E-state index contributed by atoms with van der Waals surface area (Å²) < 4.78 is 1.64. The van der Waals surface area contributed by atoms with Crippen molar-refractivity contribution in [2.75, 3.05) is 5.32 Å². The van der Waals surface area contributed by atoms with Gasteiger partial charge in [-0.05, 0) is 13.8 Å². The highest BCUT2D eigenvalue weighted by molar-refractivity contribution is 5.88. The molecule has 2 rings (SSSR count). The van der Waals surface area contributed by atoms with Crippen LogP contribution < -0.4 is 10.6 Å². The van der Waals surface area contributed by atoms with Crippen LogP contribution >= 0.6 is 0 Å². The Labute approximate surface area is 116 Å². The van der Waals surface area contributed by atoms with Crippen molar-refractivity contribution in [3.63, 3.8) is 0 Å². The molecule has 20 heavy (non-hydrogen) atoms. The highest BCUT2D eigenvalue weighted by Crippen LogP contribution is 2.01. The maximum atomic E-state index is 11.8. The van der Waals surface area contributed by atoms with E-state index in [2.05, 4.69) is 30.9 Å². The minimum absolute atomic E-state index is 0.0621. The minimum atomic E-state index is -0.315. The monoisotopic (exact) mass is 275 g/mol. The van der Waals surface area contributed by atoms with Crippen molar-refractivity contribution < 1.29 is 4.79 Å². The molecule has 0 aliphatic carbocycles. The van der Waals surface area contributed by atoms with Gasteiger partial charge in [-0.2, -0.15) is 0 Å². The molecule has 0 bridgehead atoms. The number of carbonyl (C=O) groups excluding carboxylic acids is 1. The summed E-state index contributed by atoms with van der Waals surface area (Å²) in [7, 11) is 0. The number of rotatable bonds is 5. The van der Waals surface area contributed by atoms with E-state index in [9.17, 15) is 4.79 Å². The molecule has 8 nitrogen and oxygen atoms in total. The zero-order valence-electron chi connectivity index (χ0n) is 11.4. The second-order valence-corrected chi connectivity index (χ2v) is 4.36. The molecule has 8 heteroatoms. The van der Waals surface area contributed by atoms with Gasteiger partial charge < -0.3 is 5.32 Å². The lowest BCUT2D eigenvalue weighted by Crippen LogP contribution is -2.37. The summed E-state index contributed by atoms with van der Waals surface area (Å²) in [6.07, 6.45) is 7.22. The number of nitrogens with one attached hydrogen (secondary N) is 2. The van der Waals surface area contributed by atoms with Crippen LogP contribution in [0, 0.1) is 0 Å². The van der Waals surface area contributed by atoms with Gasteiger partial charge in [0.05, 0.1) is 11.9 Å². The van der Waals surface area contributed by atoms with Crippen LogP contribution in [0.3, 0.4) is 0 Å². The topological polar surface area (TPSA) is 97.6 Å². The number of urea groups is 1. The summed E-state index contributed by atoms with van der Waals surface area (Å²) in [4.78, 5) is 19.9. The fourth-order valence-corrected chi connectivity index (χ4v) is 1.69. The van der Waals surface area contributed by atoms with Crippen molar-refractivity contribution in [3.05, 3.63) is 30.5 Å². The molecule has 2 N–H and O–H groups in total. The van der Waals surface area contributed by atoms with Gasteiger partial charge in [0, 0.05) is 37.6 Å². The zero-order chi connectivity index (χ0) is 14.4. The summed E-state index contributed by atoms with van der Waals surface area (Å²) in [6, 6.07) is -0.377. The van der Waals surface area contributed by atoms with Gasteiger partial charge >= 0.3 is 6.03 Å². The number of anilines is 1. The van der Waals surface area contributed by atoms with Crippen LogP contribution in [0.25, 0.3) is 0 Å². The quantitative estimate of drug-likeness (QED) is 0.842. The van der Waals surface area contributed by atoms with E-state index in [1.165, 1.54) is 0 Å². The summed E-state index contributed by atoms with van der Waals surface area (Å²) >= 11 is 0. The molecule has 0 aliphatic heterocycles. The molecule has 1 atom stereocenters. The Kier molecular flexibility index (Phi) is 4.59.